The molecule has 9 heteroatoms. The Balaban J connectivity index is 1.29. The second kappa shape index (κ2) is 14.7. The first-order valence-electron chi connectivity index (χ1n) is 14.9. The quantitative estimate of drug-likeness (QED) is 0.213. The summed E-state index contributed by atoms with van der Waals surface area (Å²) in [6.07, 6.45) is 4.27. The third kappa shape index (κ3) is 8.17. The van der Waals surface area contributed by atoms with Crippen LogP contribution in [0.25, 0.3) is 0 Å². The number of aryl methyl sites for hydroxylation is 1. The van der Waals surface area contributed by atoms with E-state index in [2.05, 4.69) is 17.2 Å². The smallest absolute Gasteiger partial charge is 0.330 e. The van der Waals surface area contributed by atoms with Crippen molar-refractivity contribution in [2.75, 3.05) is 19.3 Å². The maximum absolute atomic E-state index is 14.3. The van der Waals surface area contributed by atoms with Gasteiger partial charge in [0.2, 0.25) is 0 Å². The van der Waals surface area contributed by atoms with Crippen molar-refractivity contribution in [2.24, 2.45) is 0 Å². The molecule has 2 aliphatic heterocycles. The minimum absolute atomic E-state index is 0.157. The number of ether oxygens (including phenoxy) is 1. The Morgan fingerprint density at radius 3 is 2.02 bits per heavy atom. The van der Waals surface area contributed by atoms with E-state index in [1.165, 1.54) is 5.56 Å². The van der Waals surface area contributed by atoms with Crippen LogP contribution in [0.2, 0.25) is 0 Å². The molecular formula is C33H40N3O5P. The maximum atomic E-state index is 14.3. The van der Waals surface area contributed by atoms with Crippen molar-refractivity contribution in [3.05, 3.63) is 108 Å². The first-order valence-corrected chi connectivity index (χ1v) is 16.7. The lowest BCUT2D eigenvalue weighted by Crippen LogP contribution is -2.60. The molecule has 0 radical (unpaired) electrons. The SMILES string of the molecule is O=C(OCc1ccccc1)[C@@H]1CCCN2CCC[C@H](NP(=O)(CCCc3ccccc3)OCc3ccccc3)C(=O)N12. The van der Waals surface area contributed by atoms with Gasteiger partial charge in [-0.3, -0.25) is 14.4 Å². The summed E-state index contributed by atoms with van der Waals surface area (Å²) >= 11 is 0. The summed E-state index contributed by atoms with van der Waals surface area (Å²) in [5.74, 6) is -0.663. The van der Waals surface area contributed by atoms with Crippen molar-refractivity contribution < 1.29 is 23.4 Å². The van der Waals surface area contributed by atoms with Gasteiger partial charge in [0.1, 0.15) is 12.6 Å². The predicted octanol–water partition coefficient (Wildman–Crippen LogP) is 5.73. The molecule has 42 heavy (non-hydrogen) atoms. The number of carbonyl (C=O) groups excluding carboxylic acids is 2. The van der Waals surface area contributed by atoms with Crippen LogP contribution in [-0.2, 0) is 43.0 Å². The second-order valence-electron chi connectivity index (χ2n) is 11.0. The third-order valence-corrected chi connectivity index (χ3v) is 9.97. The summed E-state index contributed by atoms with van der Waals surface area (Å²) in [6, 6.07) is 27.8. The number of esters is 1. The molecule has 0 aliphatic carbocycles. The lowest BCUT2D eigenvalue weighted by Gasteiger charge is -2.42. The van der Waals surface area contributed by atoms with E-state index in [0.29, 0.717) is 38.5 Å². The van der Waals surface area contributed by atoms with Gasteiger partial charge in [-0.05, 0) is 55.2 Å². The molecule has 0 aromatic heterocycles. The summed E-state index contributed by atoms with van der Waals surface area (Å²) < 4.78 is 26.1. The summed E-state index contributed by atoms with van der Waals surface area (Å²) in [7, 11) is -3.42. The minimum Gasteiger partial charge on any atom is -0.459 e. The average molecular weight is 590 g/mol. The summed E-state index contributed by atoms with van der Waals surface area (Å²) in [4.78, 5) is 27.3. The van der Waals surface area contributed by atoms with E-state index in [0.717, 1.165) is 30.4 Å². The van der Waals surface area contributed by atoms with Gasteiger partial charge in [-0.25, -0.2) is 14.9 Å². The van der Waals surface area contributed by atoms with Crippen LogP contribution in [0, 0.1) is 0 Å². The highest BCUT2D eigenvalue weighted by Gasteiger charge is 2.44. The topological polar surface area (TPSA) is 88.2 Å². The highest BCUT2D eigenvalue weighted by Crippen LogP contribution is 2.46. The molecule has 8 nitrogen and oxygen atoms in total. The van der Waals surface area contributed by atoms with Gasteiger partial charge in [-0.2, -0.15) is 0 Å². The molecular weight excluding hydrogens is 549 g/mol. The molecule has 5 rings (SSSR count). The molecule has 1 unspecified atom stereocenters. The van der Waals surface area contributed by atoms with Gasteiger partial charge in [-0.15, -0.1) is 0 Å². The zero-order valence-electron chi connectivity index (χ0n) is 24.0. The van der Waals surface area contributed by atoms with Crippen LogP contribution < -0.4 is 5.09 Å². The molecule has 3 aromatic carbocycles. The molecule has 0 saturated carbocycles. The van der Waals surface area contributed by atoms with Crippen LogP contribution in [0.15, 0.2) is 91.0 Å². The number of nitrogens with one attached hydrogen (secondary N) is 1. The lowest BCUT2D eigenvalue weighted by molar-refractivity contribution is -0.178. The van der Waals surface area contributed by atoms with E-state index in [-0.39, 0.29) is 19.1 Å². The summed E-state index contributed by atoms with van der Waals surface area (Å²) in [6.45, 7) is 1.68. The van der Waals surface area contributed by atoms with Gasteiger partial charge in [0.15, 0.2) is 0 Å². The predicted molar refractivity (Wildman–Crippen MR) is 162 cm³/mol. The fraction of sp³-hybridized carbons (Fsp3) is 0.394. The standard InChI is InChI=1S/C33H40N3O5P/c37-32-30(20-10-22-35-23-11-21-31(36(32)35)33(38)40-25-28-15-6-2-7-16-28)34-42(39,41-26-29-17-8-3-9-18-29)24-12-19-27-13-4-1-5-14-27/h1-9,13-18,30-31H,10-12,19-26H2,(H,34,39)/t30-,31-,42?/m0/s1. The minimum atomic E-state index is -3.42. The number of carbonyl (C=O) groups is 2. The lowest BCUT2D eigenvalue weighted by atomic mass is 10.1. The zero-order chi connectivity index (χ0) is 29.2. The van der Waals surface area contributed by atoms with E-state index in [4.69, 9.17) is 9.26 Å². The van der Waals surface area contributed by atoms with Crippen molar-refractivity contribution in [1.82, 2.24) is 15.1 Å². The van der Waals surface area contributed by atoms with Crippen LogP contribution in [0.3, 0.4) is 0 Å². The van der Waals surface area contributed by atoms with Gasteiger partial charge < -0.3 is 9.26 Å². The Bertz CT molecular complexity index is 1340. The van der Waals surface area contributed by atoms with Crippen molar-refractivity contribution >= 4 is 19.4 Å². The van der Waals surface area contributed by atoms with Gasteiger partial charge in [0.25, 0.3) is 13.4 Å². The van der Waals surface area contributed by atoms with Crippen molar-refractivity contribution in [1.29, 1.82) is 0 Å². The van der Waals surface area contributed by atoms with Crippen LogP contribution in [0.5, 0.6) is 0 Å². The molecule has 2 aliphatic rings. The number of hydrazine groups is 1. The number of nitrogens with zero attached hydrogens (tertiary/aromatic N) is 2. The Labute approximate surface area is 248 Å². The fourth-order valence-electron chi connectivity index (χ4n) is 5.62. The molecule has 3 aromatic rings. The molecule has 0 bridgehead atoms. The third-order valence-electron chi connectivity index (χ3n) is 7.82. The molecule has 222 valence electrons. The van der Waals surface area contributed by atoms with Gasteiger partial charge in [0.05, 0.1) is 12.6 Å². The fourth-order valence-corrected chi connectivity index (χ4v) is 7.60. The van der Waals surface area contributed by atoms with Crippen LogP contribution in [0.1, 0.15) is 48.8 Å². The molecule has 2 heterocycles. The van der Waals surface area contributed by atoms with E-state index in [9.17, 15) is 14.2 Å². The number of rotatable bonds is 12. The number of hydrogen-bond acceptors (Lipinski definition) is 6. The summed E-state index contributed by atoms with van der Waals surface area (Å²) in [5.41, 5.74) is 2.98. The Kier molecular flexibility index (Phi) is 10.6. The average Bonchev–Trinajstić information content (AvgIpc) is 3.18. The molecule has 2 saturated heterocycles. The zero-order valence-corrected chi connectivity index (χ0v) is 24.9. The Hall–Kier alpha value is -3.29. The number of amides is 1. The number of hydrogen-bond donors (Lipinski definition) is 1. The Morgan fingerprint density at radius 2 is 1.38 bits per heavy atom. The maximum Gasteiger partial charge on any atom is 0.330 e. The van der Waals surface area contributed by atoms with Gasteiger partial charge >= 0.3 is 5.97 Å². The van der Waals surface area contributed by atoms with Crippen molar-refractivity contribution in [3.63, 3.8) is 0 Å². The largest absolute Gasteiger partial charge is 0.459 e. The molecule has 2 fully saturated rings. The highest BCUT2D eigenvalue weighted by atomic mass is 31.2. The van der Waals surface area contributed by atoms with Crippen LogP contribution in [0.4, 0.5) is 0 Å². The van der Waals surface area contributed by atoms with Crippen LogP contribution >= 0.6 is 7.52 Å². The van der Waals surface area contributed by atoms with Gasteiger partial charge in [0, 0.05) is 19.3 Å². The first-order chi connectivity index (χ1) is 20.5. The van der Waals surface area contributed by atoms with Crippen LogP contribution in [-0.4, -0.2) is 53.2 Å². The monoisotopic (exact) mass is 589 g/mol. The normalized spacial score (nSPS) is 20.8. The van der Waals surface area contributed by atoms with Crippen molar-refractivity contribution in [3.8, 4) is 0 Å². The van der Waals surface area contributed by atoms with E-state index >= 15 is 0 Å². The van der Waals surface area contributed by atoms with E-state index in [1.54, 1.807) is 5.01 Å². The molecule has 1 amide bonds. The molecule has 1 N–H and O–H groups in total. The van der Waals surface area contributed by atoms with E-state index in [1.807, 2.05) is 83.9 Å². The molecule has 3 atom stereocenters. The highest BCUT2D eigenvalue weighted by molar-refractivity contribution is 7.56. The van der Waals surface area contributed by atoms with E-state index < -0.39 is 25.6 Å². The number of fused-ring (bicyclic) bond motifs is 1. The Morgan fingerprint density at radius 1 is 0.810 bits per heavy atom. The number of benzene rings is 3. The summed E-state index contributed by atoms with van der Waals surface area (Å²) in [5, 5.41) is 6.73. The van der Waals surface area contributed by atoms with Gasteiger partial charge in [-0.1, -0.05) is 91.0 Å². The first kappa shape index (κ1) is 30.2. The molecule has 0 spiro atoms. The van der Waals surface area contributed by atoms with Crippen molar-refractivity contribution in [2.45, 2.75) is 63.8 Å². The second-order valence-corrected chi connectivity index (χ2v) is 13.3.